The zero-order chi connectivity index (χ0) is 17.3. The first-order valence-electron chi connectivity index (χ1n) is 7.53. The fourth-order valence-electron chi connectivity index (χ4n) is 3.28. The Kier molecular flexibility index (Phi) is 4.54. The van der Waals surface area contributed by atoms with E-state index in [1.165, 1.54) is 26.4 Å². The summed E-state index contributed by atoms with van der Waals surface area (Å²) in [7, 11) is 2.93. The van der Waals surface area contributed by atoms with Gasteiger partial charge in [0.2, 0.25) is 11.5 Å². The molecule has 0 aromatic carbocycles. The average molecular weight is 321 g/mol. The van der Waals surface area contributed by atoms with Crippen molar-refractivity contribution in [2.75, 3.05) is 20.8 Å². The molecule has 0 saturated carbocycles. The van der Waals surface area contributed by atoms with Gasteiger partial charge in [-0.25, -0.2) is 4.79 Å². The van der Waals surface area contributed by atoms with Crippen LogP contribution in [0.25, 0.3) is 0 Å². The zero-order valence-corrected chi connectivity index (χ0v) is 14.2. The molecular weight excluding hydrogens is 298 g/mol. The summed E-state index contributed by atoms with van der Waals surface area (Å²) in [6, 6.07) is 0. The fraction of sp³-hybridized carbons (Fsp3) is 0.529. The fourth-order valence-corrected chi connectivity index (χ4v) is 3.28. The van der Waals surface area contributed by atoms with Crippen LogP contribution in [0.3, 0.4) is 0 Å². The third kappa shape index (κ3) is 2.98. The van der Waals surface area contributed by atoms with Crippen LogP contribution in [0, 0.1) is 5.41 Å². The Labute approximate surface area is 136 Å². The van der Waals surface area contributed by atoms with E-state index in [4.69, 9.17) is 14.2 Å². The zero-order valence-electron chi connectivity index (χ0n) is 14.2. The van der Waals surface area contributed by atoms with E-state index in [0.717, 1.165) is 0 Å². The van der Waals surface area contributed by atoms with E-state index in [2.05, 4.69) is 5.32 Å². The number of allylic oxidation sites excluding steroid dienone is 1. The minimum Gasteiger partial charge on any atom is -0.496 e. The lowest BCUT2D eigenvalue weighted by atomic mass is 9.74. The topological polar surface area (TPSA) is 73.9 Å². The molecule has 1 aliphatic carbocycles. The molecule has 1 heterocycles. The molecule has 1 unspecified atom stereocenters. The maximum atomic E-state index is 12.0. The molecule has 0 bridgehead atoms. The van der Waals surface area contributed by atoms with Gasteiger partial charge in [-0.1, -0.05) is 6.08 Å². The third-order valence-corrected chi connectivity index (χ3v) is 3.99. The van der Waals surface area contributed by atoms with Crippen molar-refractivity contribution in [3.63, 3.8) is 0 Å². The van der Waals surface area contributed by atoms with E-state index >= 15 is 0 Å². The van der Waals surface area contributed by atoms with Gasteiger partial charge in [0.25, 0.3) is 0 Å². The predicted molar refractivity (Wildman–Crippen MR) is 84.2 cm³/mol. The number of esters is 1. The van der Waals surface area contributed by atoms with Crippen LogP contribution in [0.5, 0.6) is 0 Å². The summed E-state index contributed by atoms with van der Waals surface area (Å²) < 4.78 is 15.8. The number of ether oxygens (including phenoxy) is 3. The highest BCUT2D eigenvalue weighted by Crippen LogP contribution is 2.51. The van der Waals surface area contributed by atoms with Crippen molar-refractivity contribution in [3.05, 3.63) is 35.4 Å². The van der Waals surface area contributed by atoms with Gasteiger partial charge >= 0.3 is 5.97 Å². The number of rotatable bonds is 4. The number of hydrogen-bond donors (Lipinski definition) is 1. The van der Waals surface area contributed by atoms with E-state index in [1.54, 1.807) is 13.0 Å². The van der Waals surface area contributed by atoms with Crippen LogP contribution in [0.15, 0.2) is 35.4 Å². The molecule has 1 fully saturated rings. The normalized spacial score (nSPS) is 27.3. The summed E-state index contributed by atoms with van der Waals surface area (Å²) >= 11 is 0. The van der Waals surface area contributed by atoms with Gasteiger partial charge in [-0.2, -0.15) is 0 Å². The molecule has 0 aromatic heterocycles. The Balaban J connectivity index is 2.59. The molecule has 1 spiro atoms. The van der Waals surface area contributed by atoms with Gasteiger partial charge in [-0.05, 0) is 33.3 Å². The Hall–Kier alpha value is -2.24. The monoisotopic (exact) mass is 321 g/mol. The molecule has 1 N–H and O–H groups in total. The second-order valence-corrected chi connectivity index (χ2v) is 6.23. The van der Waals surface area contributed by atoms with Crippen molar-refractivity contribution in [2.24, 2.45) is 5.41 Å². The van der Waals surface area contributed by atoms with E-state index < -0.39 is 11.4 Å². The second-order valence-electron chi connectivity index (χ2n) is 6.23. The van der Waals surface area contributed by atoms with Crippen molar-refractivity contribution >= 4 is 11.8 Å². The SMILES string of the molecule is CCOC(=O)/C=C1\NC(C)(C)CC12C=CC(=O)C(OC)=C2OC. The van der Waals surface area contributed by atoms with Crippen molar-refractivity contribution in [3.8, 4) is 0 Å². The number of ketones is 1. The summed E-state index contributed by atoms with van der Waals surface area (Å²) in [5.41, 5.74) is -0.397. The minimum absolute atomic E-state index is 0.157. The van der Waals surface area contributed by atoms with Gasteiger partial charge in [-0.3, -0.25) is 4.79 Å². The lowest BCUT2D eigenvalue weighted by Crippen LogP contribution is -2.31. The summed E-state index contributed by atoms with van der Waals surface area (Å²) in [5.74, 6) is -0.132. The summed E-state index contributed by atoms with van der Waals surface area (Å²) in [6.45, 7) is 6.08. The van der Waals surface area contributed by atoms with Gasteiger partial charge in [0, 0.05) is 17.3 Å². The van der Waals surface area contributed by atoms with Crippen LogP contribution < -0.4 is 5.32 Å². The maximum absolute atomic E-state index is 12.0. The van der Waals surface area contributed by atoms with Crippen LogP contribution in [0.4, 0.5) is 0 Å². The predicted octanol–water partition coefficient (Wildman–Crippen LogP) is 1.83. The molecule has 1 saturated heterocycles. The highest BCUT2D eigenvalue weighted by molar-refractivity contribution is 6.04. The summed E-state index contributed by atoms with van der Waals surface area (Å²) in [6.07, 6.45) is 5.27. The number of methoxy groups -OCH3 is 2. The van der Waals surface area contributed by atoms with Gasteiger partial charge < -0.3 is 19.5 Å². The van der Waals surface area contributed by atoms with Gasteiger partial charge in [0.1, 0.15) is 0 Å². The van der Waals surface area contributed by atoms with Crippen molar-refractivity contribution in [2.45, 2.75) is 32.7 Å². The molecule has 2 aliphatic rings. The molecule has 6 heteroatoms. The molecule has 1 atom stereocenters. The largest absolute Gasteiger partial charge is 0.496 e. The lowest BCUT2D eigenvalue weighted by molar-refractivity contribution is -0.137. The Morgan fingerprint density at radius 2 is 2.04 bits per heavy atom. The van der Waals surface area contributed by atoms with Crippen molar-refractivity contribution in [1.82, 2.24) is 5.32 Å². The molecule has 6 nitrogen and oxygen atoms in total. The van der Waals surface area contributed by atoms with Crippen LogP contribution in [0.1, 0.15) is 27.2 Å². The van der Waals surface area contributed by atoms with E-state index in [-0.39, 0.29) is 17.1 Å². The van der Waals surface area contributed by atoms with E-state index in [9.17, 15) is 9.59 Å². The molecule has 1 aliphatic heterocycles. The quantitative estimate of drug-likeness (QED) is 0.629. The average Bonchev–Trinajstić information content (AvgIpc) is 2.72. The second kappa shape index (κ2) is 6.10. The summed E-state index contributed by atoms with van der Waals surface area (Å²) in [4.78, 5) is 24.0. The van der Waals surface area contributed by atoms with Crippen LogP contribution in [-0.2, 0) is 23.8 Å². The van der Waals surface area contributed by atoms with E-state index in [1.807, 2.05) is 13.8 Å². The van der Waals surface area contributed by atoms with Gasteiger partial charge in [0.15, 0.2) is 5.76 Å². The molecule has 0 aromatic rings. The summed E-state index contributed by atoms with van der Waals surface area (Å²) in [5, 5.41) is 3.33. The maximum Gasteiger partial charge on any atom is 0.332 e. The number of nitrogens with one attached hydrogen (secondary N) is 1. The highest BCUT2D eigenvalue weighted by atomic mass is 16.5. The highest BCUT2D eigenvalue weighted by Gasteiger charge is 2.52. The Bertz CT molecular complexity index is 614. The van der Waals surface area contributed by atoms with Crippen LogP contribution >= 0.6 is 0 Å². The molecule has 0 amide bonds. The number of hydrogen-bond acceptors (Lipinski definition) is 6. The first-order valence-corrected chi connectivity index (χ1v) is 7.53. The minimum atomic E-state index is -0.746. The first-order chi connectivity index (χ1) is 10.8. The van der Waals surface area contributed by atoms with E-state index in [0.29, 0.717) is 24.5 Å². The first kappa shape index (κ1) is 17.1. The molecular formula is C17H23NO5. The molecule has 2 rings (SSSR count). The lowest BCUT2D eigenvalue weighted by Gasteiger charge is -2.32. The van der Waals surface area contributed by atoms with Crippen LogP contribution in [-0.4, -0.2) is 38.1 Å². The molecule has 23 heavy (non-hydrogen) atoms. The van der Waals surface area contributed by atoms with Crippen LogP contribution in [0.2, 0.25) is 0 Å². The van der Waals surface area contributed by atoms with Gasteiger partial charge in [-0.15, -0.1) is 0 Å². The molecule has 0 radical (unpaired) electrons. The van der Waals surface area contributed by atoms with Crippen molar-refractivity contribution in [1.29, 1.82) is 0 Å². The molecule has 126 valence electrons. The standard InChI is InChI=1S/C17H23NO5/c1-6-23-13(20)9-12-17(10-16(2,3)18-12)8-7-11(19)14(21-4)15(17)22-5/h7-9,18H,6,10H2,1-5H3/b12-9-. The Morgan fingerprint density at radius 1 is 1.35 bits per heavy atom. The number of carbonyl (C=O) groups excluding carboxylic acids is 2. The number of carbonyl (C=O) groups is 2. The Morgan fingerprint density at radius 3 is 2.61 bits per heavy atom. The smallest absolute Gasteiger partial charge is 0.332 e. The van der Waals surface area contributed by atoms with Crippen molar-refractivity contribution < 1.29 is 23.8 Å². The third-order valence-electron chi connectivity index (χ3n) is 3.99. The van der Waals surface area contributed by atoms with Gasteiger partial charge in [0.05, 0.1) is 26.2 Å².